The fraction of sp³-hybridized carbons (Fsp3) is 0.348. The largest absolute Gasteiger partial charge is 0.379 e. The molecule has 0 bridgehead atoms. The molecule has 0 amide bonds. The minimum Gasteiger partial charge on any atom is -0.379 e. The molecule has 0 fully saturated rings. The molecular weight excluding hydrogens is 423 g/mol. The van der Waals surface area contributed by atoms with E-state index in [2.05, 4.69) is 43.0 Å². The van der Waals surface area contributed by atoms with E-state index in [1.807, 2.05) is 25.1 Å². The third-order valence-electron chi connectivity index (χ3n) is 4.72. The van der Waals surface area contributed by atoms with Gasteiger partial charge in [0.2, 0.25) is 0 Å². The first-order chi connectivity index (χ1) is 14.0. The van der Waals surface area contributed by atoms with Crippen molar-refractivity contribution in [3.63, 3.8) is 0 Å². The Hall–Kier alpha value is -1.59. The van der Waals surface area contributed by atoms with Crippen LogP contribution in [0.4, 0.5) is 5.13 Å². The Morgan fingerprint density at radius 3 is 2.52 bits per heavy atom. The van der Waals surface area contributed by atoms with Gasteiger partial charge in [-0.25, -0.2) is 4.98 Å². The predicted molar refractivity (Wildman–Crippen MR) is 126 cm³/mol. The van der Waals surface area contributed by atoms with Crippen molar-refractivity contribution >= 4 is 39.7 Å². The van der Waals surface area contributed by atoms with Gasteiger partial charge < -0.3 is 9.64 Å². The van der Waals surface area contributed by atoms with E-state index in [-0.39, 0.29) is 6.04 Å². The summed E-state index contributed by atoms with van der Waals surface area (Å²) in [6, 6.07) is 16.2. The zero-order chi connectivity index (χ0) is 20.8. The van der Waals surface area contributed by atoms with Crippen LogP contribution in [0, 0.1) is 6.92 Å². The highest BCUT2D eigenvalue weighted by Gasteiger charge is 2.25. The minimum atomic E-state index is 0.107. The lowest BCUT2D eigenvalue weighted by Crippen LogP contribution is -2.32. The van der Waals surface area contributed by atoms with Gasteiger partial charge in [0, 0.05) is 28.6 Å². The first-order valence-electron chi connectivity index (χ1n) is 9.87. The van der Waals surface area contributed by atoms with Gasteiger partial charge in [-0.2, -0.15) is 0 Å². The first-order valence-corrected chi connectivity index (χ1v) is 11.4. The van der Waals surface area contributed by atoms with Crippen molar-refractivity contribution in [2.24, 2.45) is 0 Å². The maximum Gasteiger partial charge on any atom is 0.186 e. The molecule has 1 atom stereocenters. The molecule has 0 N–H and O–H groups in total. The summed E-state index contributed by atoms with van der Waals surface area (Å²) in [7, 11) is 0. The number of ether oxygens (including phenoxy) is 1. The van der Waals surface area contributed by atoms with Gasteiger partial charge in [-0.15, -0.1) is 11.3 Å². The second-order valence-corrected chi connectivity index (χ2v) is 8.83. The Labute approximate surface area is 187 Å². The van der Waals surface area contributed by atoms with Gasteiger partial charge in [0.15, 0.2) is 5.13 Å². The molecule has 0 saturated carbocycles. The molecule has 3 aromatic rings. The number of thiazole rings is 1. The highest BCUT2D eigenvalue weighted by Crippen LogP contribution is 2.39. The summed E-state index contributed by atoms with van der Waals surface area (Å²) in [5.41, 5.74) is 3.05. The molecule has 2 aromatic carbocycles. The molecule has 6 heteroatoms. The lowest BCUT2D eigenvalue weighted by molar-refractivity contribution is 0.130. The van der Waals surface area contributed by atoms with Crippen molar-refractivity contribution in [3.8, 4) is 11.3 Å². The van der Waals surface area contributed by atoms with Crippen LogP contribution in [0.15, 0.2) is 48.5 Å². The zero-order valence-corrected chi connectivity index (χ0v) is 19.3. The molecule has 0 aliphatic carbocycles. The van der Waals surface area contributed by atoms with Crippen LogP contribution in [0.5, 0.6) is 0 Å². The number of hydrogen-bond donors (Lipinski definition) is 0. The molecule has 1 unspecified atom stereocenters. The molecule has 3 nitrogen and oxygen atoms in total. The van der Waals surface area contributed by atoms with E-state index in [1.54, 1.807) is 17.4 Å². The third kappa shape index (κ3) is 5.32. The Morgan fingerprint density at radius 2 is 1.86 bits per heavy atom. The van der Waals surface area contributed by atoms with Crippen LogP contribution in [0.25, 0.3) is 11.3 Å². The van der Waals surface area contributed by atoms with Crippen molar-refractivity contribution < 1.29 is 4.74 Å². The highest BCUT2D eigenvalue weighted by molar-refractivity contribution is 7.16. The summed E-state index contributed by atoms with van der Waals surface area (Å²) < 4.78 is 5.85. The normalized spacial score (nSPS) is 12.2. The van der Waals surface area contributed by atoms with E-state index in [0.717, 1.165) is 34.2 Å². The molecule has 0 radical (unpaired) electrons. The van der Waals surface area contributed by atoms with Crippen molar-refractivity contribution in [3.05, 3.63) is 69.0 Å². The second kappa shape index (κ2) is 10.4. The van der Waals surface area contributed by atoms with Gasteiger partial charge in [0.25, 0.3) is 0 Å². The number of hydrogen-bond acceptors (Lipinski definition) is 4. The summed E-state index contributed by atoms with van der Waals surface area (Å²) in [4.78, 5) is 8.50. The fourth-order valence-electron chi connectivity index (χ4n) is 3.33. The number of rotatable bonds is 9. The van der Waals surface area contributed by atoms with E-state index in [1.165, 1.54) is 5.56 Å². The number of anilines is 1. The smallest absolute Gasteiger partial charge is 0.186 e. The van der Waals surface area contributed by atoms with Crippen LogP contribution >= 0.6 is 34.5 Å². The molecule has 154 valence electrons. The van der Waals surface area contributed by atoms with Gasteiger partial charge in [-0.3, -0.25) is 0 Å². The van der Waals surface area contributed by atoms with E-state index in [4.69, 9.17) is 32.9 Å². The van der Waals surface area contributed by atoms with Gasteiger partial charge >= 0.3 is 0 Å². The second-order valence-electron chi connectivity index (χ2n) is 6.80. The van der Waals surface area contributed by atoms with Gasteiger partial charge in [0.1, 0.15) is 0 Å². The van der Waals surface area contributed by atoms with Crippen molar-refractivity contribution in [1.82, 2.24) is 4.98 Å². The lowest BCUT2D eigenvalue weighted by atomic mass is 10.1. The molecule has 0 aliphatic heterocycles. The monoisotopic (exact) mass is 448 g/mol. The number of benzene rings is 2. The van der Waals surface area contributed by atoms with Crippen molar-refractivity contribution in [2.75, 3.05) is 24.7 Å². The van der Waals surface area contributed by atoms with Gasteiger partial charge in [-0.05, 0) is 44.0 Å². The molecule has 0 spiro atoms. The molecule has 0 saturated heterocycles. The maximum atomic E-state index is 6.46. The van der Waals surface area contributed by atoms with Crippen LogP contribution in [0.1, 0.15) is 36.8 Å². The summed E-state index contributed by atoms with van der Waals surface area (Å²) in [5.74, 6) is 0. The first kappa shape index (κ1) is 22.1. The standard InChI is InChI=1S/C23H26Cl2N2OS/c1-4-13-27(21(15-28-5-2)17-9-7-6-8-10-17)23-26-22(16(3)29-23)19-12-11-18(24)14-20(19)25/h6-12,14,21H,4-5,13,15H2,1-3H3. The van der Waals surface area contributed by atoms with Crippen LogP contribution in [0.2, 0.25) is 10.0 Å². The fourth-order valence-corrected chi connectivity index (χ4v) is 4.83. The number of aromatic nitrogens is 1. The summed E-state index contributed by atoms with van der Waals surface area (Å²) in [5, 5.41) is 2.23. The quantitative estimate of drug-likeness (QED) is 0.340. The maximum absolute atomic E-state index is 6.46. The molecule has 0 aliphatic rings. The SMILES string of the molecule is CCCN(c1nc(-c2ccc(Cl)cc2Cl)c(C)s1)C(COCC)c1ccccc1. The third-order valence-corrected chi connectivity index (χ3v) is 6.28. The van der Waals surface area contributed by atoms with Crippen LogP contribution in [0.3, 0.4) is 0 Å². The average molecular weight is 449 g/mol. The van der Waals surface area contributed by atoms with Crippen molar-refractivity contribution in [1.29, 1.82) is 0 Å². The summed E-state index contributed by atoms with van der Waals surface area (Å²) in [6.45, 7) is 8.51. The van der Waals surface area contributed by atoms with E-state index in [9.17, 15) is 0 Å². The Kier molecular flexibility index (Phi) is 7.96. The minimum absolute atomic E-state index is 0.107. The number of halogens is 2. The van der Waals surface area contributed by atoms with E-state index < -0.39 is 0 Å². The number of aryl methyl sites for hydroxylation is 1. The number of nitrogens with zero attached hydrogens (tertiary/aromatic N) is 2. The van der Waals surface area contributed by atoms with E-state index in [0.29, 0.717) is 23.3 Å². The molecular formula is C23H26Cl2N2OS. The average Bonchev–Trinajstić information content (AvgIpc) is 3.09. The molecule has 1 heterocycles. The van der Waals surface area contributed by atoms with Crippen LogP contribution in [-0.2, 0) is 4.74 Å². The Morgan fingerprint density at radius 1 is 1.10 bits per heavy atom. The predicted octanol–water partition coefficient (Wildman–Crippen LogP) is 7.42. The lowest BCUT2D eigenvalue weighted by Gasteiger charge is -2.31. The topological polar surface area (TPSA) is 25.4 Å². The Balaban J connectivity index is 2.01. The van der Waals surface area contributed by atoms with Crippen LogP contribution in [-0.4, -0.2) is 24.7 Å². The molecule has 1 aromatic heterocycles. The zero-order valence-electron chi connectivity index (χ0n) is 17.0. The van der Waals surface area contributed by atoms with Crippen molar-refractivity contribution in [2.45, 2.75) is 33.2 Å². The van der Waals surface area contributed by atoms with E-state index >= 15 is 0 Å². The summed E-state index contributed by atoms with van der Waals surface area (Å²) in [6.07, 6.45) is 1.02. The molecule has 29 heavy (non-hydrogen) atoms. The molecule has 3 rings (SSSR count). The summed E-state index contributed by atoms with van der Waals surface area (Å²) >= 11 is 14.2. The van der Waals surface area contributed by atoms with Gasteiger partial charge in [-0.1, -0.05) is 60.5 Å². The van der Waals surface area contributed by atoms with Gasteiger partial charge in [0.05, 0.1) is 23.4 Å². The highest BCUT2D eigenvalue weighted by atomic mass is 35.5. The van der Waals surface area contributed by atoms with Crippen LogP contribution < -0.4 is 4.90 Å². The Bertz CT molecular complexity index is 930.